The summed E-state index contributed by atoms with van der Waals surface area (Å²) < 4.78 is 5.61. The minimum atomic E-state index is -0.298. The average Bonchev–Trinajstić information content (AvgIpc) is 3.20. The van der Waals surface area contributed by atoms with Crippen LogP contribution in [0.1, 0.15) is 44.8 Å². The number of rotatable bonds is 2. The second-order valence-corrected chi connectivity index (χ2v) is 8.83. The van der Waals surface area contributed by atoms with Crippen molar-refractivity contribution < 1.29 is 14.0 Å². The molecule has 0 bridgehead atoms. The first kappa shape index (κ1) is 17.9. The molecule has 5 rings (SSSR count). The van der Waals surface area contributed by atoms with Gasteiger partial charge in [-0.05, 0) is 46.9 Å². The minimum absolute atomic E-state index is 0.00549. The van der Waals surface area contributed by atoms with E-state index in [-0.39, 0.29) is 29.4 Å². The normalized spacial score (nSPS) is 21.6. The van der Waals surface area contributed by atoms with Crippen LogP contribution in [0.4, 0.5) is 5.69 Å². The number of furan rings is 1. The fourth-order valence-corrected chi connectivity index (χ4v) is 4.76. The zero-order valence-electron chi connectivity index (χ0n) is 16.6. The van der Waals surface area contributed by atoms with E-state index in [1.54, 1.807) is 11.2 Å². The zero-order chi connectivity index (χ0) is 20.2. The molecule has 1 aliphatic heterocycles. The fraction of sp³-hybridized carbons (Fsp3) is 0.280. The average molecular weight is 385 g/mol. The topological polar surface area (TPSA) is 50.5 Å². The molecule has 1 amide bonds. The van der Waals surface area contributed by atoms with Crippen LogP contribution in [0, 0.1) is 5.41 Å². The summed E-state index contributed by atoms with van der Waals surface area (Å²) in [5, 5.41) is 2.21. The second kappa shape index (κ2) is 6.45. The third-order valence-corrected chi connectivity index (χ3v) is 6.02. The Morgan fingerprint density at radius 1 is 0.966 bits per heavy atom. The van der Waals surface area contributed by atoms with Crippen molar-refractivity contribution in [2.75, 3.05) is 4.90 Å². The first-order valence-corrected chi connectivity index (χ1v) is 10.0. The minimum Gasteiger partial charge on any atom is -0.469 e. The number of fused-ring (bicyclic) bond motifs is 1. The number of hydrogen-bond donors (Lipinski definition) is 0. The maximum absolute atomic E-state index is 13.3. The van der Waals surface area contributed by atoms with Gasteiger partial charge in [0.2, 0.25) is 5.91 Å². The van der Waals surface area contributed by atoms with E-state index in [2.05, 4.69) is 19.9 Å². The third-order valence-electron chi connectivity index (χ3n) is 6.02. The Kier molecular flexibility index (Phi) is 3.98. The molecule has 4 heteroatoms. The molecular formula is C25H23NO3. The summed E-state index contributed by atoms with van der Waals surface area (Å²) in [4.78, 5) is 28.3. The molecule has 2 aliphatic rings. The standard InChI is InChI=1S/C25H23NO3/c1-25(2)14-20-24(21(27)15-25)19(22-8-5-11-29-22)13-23(28)26(20)18-10-9-16-6-3-4-7-17(16)12-18/h3-12,19H,13-15H2,1-2H3. The van der Waals surface area contributed by atoms with E-state index >= 15 is 0 Å². The number of amides is 1. The summed E-state index contributed by atoms with van der Waals surface area (Å²) in [6.45, 7) is 4.18. The molecule has 0 fully saturated rings. The van der Waals surface area contributed by atoms with Gasteiger partial charge < -0.3 is 4.42 Å². The predicted octanol–water partition coefficient (Wildman–Crippen LogP) is 5.60. The first-order valence-electron chi connectivity index (χ1n) is 10.0. The molecular weight excluding hydrogens is 362 g/mol. The molecule has 0 N–H and O–H groups in total. The maximum atomic E-state index is 13.3. The molecule has 0 saturated carbocycles. The van der Waals surface area contributed by atoms with Crippen LogP contribution in [0.3, 0.4) is 0 Å². The van der Waals surface area contributed by atoms with Crippen molar-refractivity contribution >= 4 is 28.2 Å². The van der Waals surface area contributed by atoms with Gasteiger partial charge in [-0.25, -0.2) is 0 Å². The van der Waals surface area contributed by atoms with Crippen molar-refractivity contribution in [3.05, 3.63) is 77.9 Å². The highest BCUT2D eigenvalue weighted by molar-refractivity contribution is 6.08. The number of carbonyl (C=O) groups excluding carboxylic acids is 2. The predicted molar refractivity (Wildman–Crippen MR) is 113 cm³/mol. The number of Topliss-reactive ketones (excluding diaryl/α,β-unsaturated/α-hetero) is 1. The van der Waals surface area contributed by atoms with E-state index in [9.17, 15) is 9.59 Å². The highest BCUT2D eigenvalue weighted by atomic mass is 16.3. The van der Waals surface area contributed by atoms with Gasteiger partial charge in [0.1, 0.15) is 5.76 Å². The van der Waals surface area contributed by atoms with Gasteiger partial charge in [0.15, 0.2) is 5.78 Å². The highest BCUT2D eigenvalue weighted by Crippen LogP contribution is 2.48. The van der Waals surface area contributed by atoms with Crippen molar-refractivity contribution in [1.29, 1.82) is 0 Å². The maximum Gasteiger partial charge on any atom is 0.232 e. The lowest BCUT2D eigenvalue weighted by Crippen LogP contribution is -2.43. The Hall–Kier alpha value is -3.14. The monoisotopic (exact) mass is 385 g/mol. The van der Waals surface area contributed by atoms with Gasteiger partial charge in [-0.1, -0.05) is 44.2 Å². The summed E-state index contributed by atoms with van der Waals surface area (Å²) in [5.41, 5.74) is 2.21. The highest BCUT2D eigenvalue weighted by Gasteiger charge is 2.45. The number of anilines is 1. The zero-order valence-corrected chi connectivity index (χ0v) is 16.6. The summed E-state index contributed by atoms with van der Waals surface area (Å²) in [6, 6.07) is 17.8. The first-order chi connectivity index (χ1) is 13.9. The number of carbonyl (C=O) groups is 2. The van der Waals surface area contributed by atoms with Crippen LogP contribution in [0.25, 0.3) is 10.8 Å². The number of allylic oxidation sites excluding steroid dienone is 2. The molecule has 1 aliphatic carbocycles. The summed E-state index contributed by atoms with van der Waals surface area (Å²) in [5.74, 6) is 0.520. The van der Waals surface area contributed by atoms with Crippen molar-refractivity contribution in [2.45, 2.75) is 39.0 Å². The third kappa shape index (κ3) is 3.00. The van der Waals surface area contributed by atoms with E-state index in [0.29, 0.717) is 18.6 Å². The van der Waals surface area contributed by atoms with Gasteiger partial charge in [0.05, 0.1) is 12.2 Å². The molecule has 3 aromatic rings. The van der Waals surface area contributed by atoms with Crippen molar-refractivity contribution in [2.24, 2.45) is 5.41 Å². The van der Waals surface area contributed by atoms with E-state index in [1.807, 2.05) is 48.5 Å². The van der Waals surface area contributed by atoms with Gasteiger partial charge in [0, 0.05) is 29.8 Å². The molecule has 1 unspecified atom stereocenters. The van der Waals surface area contributed by atoms with E-state index in [4.69, 9.17) is 4.42 Å². The van der Waals surface area contributed by atoms with Crippen molar-refractivity contribution in [1.82, 2.24) is 0 Å². The molecule has 1 atom stereocenters. The van der Waals surface area contributed by atoms with Gasteiger partial charge in [-0.3, -0.25) is 14.5 Å². The smallest absolute Gasteiger partial charge is 0.232 e. The Balaban J connectivity index is 1.70. The molecule has 0 spiro atoms. The van der Waals surface area contributed by atoms with Gasteiger partial charge >= 0.3 is 0 Å². The molecule has 0 saturated heterocycles. The van der Waals surface area contributed by atoms with Crippen LogP contribution in [0.15, 0.2) is 76.5 Å². The fourth-order valence-electron chi connectivity index (χ4n) is 4.76. The Labute approximate surface area is 169 Å². The molecule has 0 radical (unpaired) electrons. The largest absolute Gasteiger partial charge is 0.469 e. The number of benzene rings is 2. The number of hydrogen-bond acceptors (Lipinski definition) is 3. The molecule has 2 aromatic carbocycles. The summed E-state index contributed by atoms with van der Waals surface area (Å²) >= 11 is 0. The van der Waals surface area contributed by atoms with Crippen LogP contribution in [-0.2, 0) is 9.59 Å². The SMILES string of the molecule is CC1(C)CC(=O)C2=C(C1)N(c1ccc3ccccc3c1)C(=O)CC2c1ccco1. The number of nitrogens with zero attached hydrogens (tertiary/aromatic N) is 1. The number of ketones is 1. The van der Waals surface area contributed by atoms with Crippen molar-refractivity contribution in [3.8, 4) is 0 Å². The lowest BCUT2D eigenvalue weighted by Gasteiger charge is -2.42. The lowest BCUT2D eigenvalue weighted by molar-refractivity contribution is -0.121. The van der Waals surface area contributed by atoms with E-state index < -0.39 is 0 Å². The van der Waals surface area contributed by atoms with Crippen LogP contribution < -0.4 is 4.90 Å². The summed E-state index contributed by atoms with van der Waals surface area (Å²) in [7, 11) is 0. The van der Waals surface area contributed by atoms with E-state index in [0.717, 1.165) is 27.7 Å². The van der Waals surface area contributed by atoms with Crippen LogP contribution in [0.2, 0.25) is 0 Å². The van der Waals surface area contributed by atoms with E-state index in [1.165, 1.54) is 0 Å². The molecule has 4 nitrogen and oxygen atoms in total. The molecule has 1 aromatic heterocycles. The Morgan fingerprint density at radius 2 is 1.76 bits per heavy atom. The van der Waals surface area contributed by atoms with Gasteiger partial charge in [0.25, 0.3) is 0 Å². The van der Waals surface area contributed by atoms with Crippen molar-refractivity contribution in [3.63, 3.8) is 0 Å². The Bertz CT molecular complexity index is 1150. The van der Waals surface area contributed by atoms with Crippen LogP contribution in [0.5, 0.6) is 0 Å². The van der Waals surface area contributed by atoms with Gasteiger partial charge in [-0.2, -0.15) is 0 Å². The van der Waals surface area contributed by atoms with Crippen LogP contribution in [-0.4, -0.2) is 11.7 Å². The summed E-state index contributed by atoms with van der Waals surface area (Å²) in [6.07, 6.45) is 3.02. The Morgan fingerprint density at radius 3 is 2.52 bits per heavy atom. The molecule has 146 valence electrons. The lowest BCUT2D eigenvalue weighted by atomic mass is 9.70. The molecule has 29 heavy (non-hydrogen) atoms. The molecule has 2 heterocycles. The van der Waals surface area contributed by atoms with Gasteiger partial charge in [-0.15, -0.1) is 0 Å². The van der Waals surface area contributed by atoms with Crippen LogP contribution >= 0.6 is 0 Å². The quantitative estimate of drug-likeness (QED) is 0.577. The second-order valence-electron chi connectivity index (χ2n) is 8.83.